The molecule has 1 heterocycles. The number of likely N-dealkylation sites (N-methyl/N-ethyl adjacent to an activating group) is 1. The van der Waals surface area contributed by atoms with E-state index in [1.165, 1.54) is 10.4 Å². The summed E-state index contributed by atoms with van der Waals surface area (Å²) in [4.78, 5) is 12.2. The summed E-state index contributed by atoms with van der Waals surface area (Å²) in [6.07, 6.45) is 1.05. The highest BCUT2D eigenvalue weighted by atomic mass is 32.2. The zero-order chi connectivity index (χ0) is 17.2. The topological polar surface area (TPSA) is 77.9 Å². The van der Waals surface area contributed by atoms with Gasteiger partial charge in [-0.2, -0.15) is 4.31 Å². The summed E-state index contributed by atoms with van der Waals surface area (Å²) in [5.74, 6) is -1.65. The van der Waals surface area contributed by atoms with E-state index in [1.807, 2.05) is 0 Å². The molecule has 0 radical (unpaired) electrons. The Hall–Kier alpha value is -1.51. The average molecular weight is 344 g/mol. The number of rotatable bonds is 5. The fourth-order valence-corrected chi connectivity index (χ4v) is 4.68. The van der Waals surface area contributed by atoms with Gasteiger partial charge in [-0.05, 0) is 38.4 Å². The molecule has 1 fully saturated rings. The standard InChI is InChI=1S/C15H21FN2O4S/c1-11-4-3-5-13(16)15(11)23(21,22)18-8-6-12(7-9-18)17(2)10-14(19)20/h3-5,12H,6-10H2,1-2H3,(H,19,20). The van der Waals surface area contributed by atoms with Crippen LogP contribution in [-0.4, -0.2) is 61.4 Å². The number of carboxylic acids is 1. The Bertz CT molecular complexity index is 664. The van der Waals surface area contributed by atoms with Crippen LogP contribution in [0.25, 0.3) is 0 Å². The molecule has 1 aromatic rings. The SMILES string of the molecule is Cc1cccc(F)c1S(=O)(=O)N1CCC(N(C)CC(=O)O)CC1. The Morgan fingerprint density at radius 3 is 2.52 bits per heavy atom. The highest BCUT2D eigenvalue weighted by Crippen LogP contribution is 2.26. The van der Waals surface area contributed by atoms with Crippen molar-refractivity contribution in [2.75, 3.05) is 26.7 Å². The minimum atomic E-state index is -3.87. The number of piperidine rings is 1. The summed E-state index contributed by atoms with van der Waals surface area (Å²) in [6.45, 7) is 2.00. The maximum Gasteiger partial charge on any atom is 0.317 e. The number of carboxylic acid groups (broad SMARTS) is 1. The fraction of sp³-hybridized carbons (Fsp3) is 0.533. The van der Waals surface area contributed by atoms with Gasteiger partial charge < -0.3 is 5.11 Å². The molecule has 128 valence electrons. The first-order valence-corrected chi connectivity index (χ1v) is 8.84. The van der Waals surface area contributed by atoms with E-state index in [2.05, 4.69) is 0 Å². The normalized spacial score (nSPS) is 17.6. The average Bonchev–Trinajstić information content (AvgIpc) is 2.46. The Balaban J connectivity index is 2.12. The molecule has 2 rings (SSSR count). The zero-order valence-electron chi connectivity index (χ0n) is 13.2. The zero-order valence-corrected chi connectivity index (χ0v) is 14.0. The third kappa shape index (κ3) is 3.88. The first-order chi connectivity index (χ1) is 10.7. The summed E-state index contributed by atoms with van der Waals surface area (Å²) in [5, 5.41) is 8.82. The number of nitrogens with zero attached hydrogens (tertiary/aromatic N) is 2. The highest BCUT2D eigenvalue weighted by molar-refractivity contribution is 7.89. The van der Waals surface area contributed by atoms with Crippen molar-refractivity contribution >= 4 is 16.0 Å². The highest BCUT2D eigenvalue weighted by Gasteiger charge is 2.33. The van der Waals surface area contributed by atoms with Crippen LogP contribution < -0.4 is 0 Å². The van der Waals surface area contributed by atoms with Crippen LogP contribution in [0.15, 0.2) is 23.1 Å². The van der Waals surface area contributed by atoms with Crippen molar-refractivity contribution in [3.63, 3.8) is 0 Å². The van der Waals surface area contributed by atoms with Crippen LogP contribution in [0.2, 0.25) is 0 Å². The van der Waals surface area contributed by atoms with Crippen LogP contribution in [0.4, 0.5) is 4.39 Å². The summed E-state index contributed by atoms with van der Waals surface area (Å²) in [5.41, 5.74) is 0.384. The molecule has 8 heteroatoms. The van der Waals surface area contributed by atoms with Crippen LogP contribution in [0.3, 0.4) is 0 Å². The molecule has 0 saturated carbocycles. The first-order valence-electron chi connectivity index (χ1n) is 7.40. The number of aryl methyl sites for hydroxylation is 1. The van der Waals surface area contributed by atoms with Crippen LogP contribution >= 0.6 is 0 Å². The van der Waals surface area contributed by atoms with Gasteiger partial charge in [-0.15, -0.1) is 0 Å². The smallest absolute Gasteiger partial charge is 0.317 e. The minimum absolute atomic E-state index is 0.0132. The molecule has 1 aromatic carbocycles. The van der Waals surface area contributed by atoms with Crippen LogP contribution in [0.1, 0.15) is 18.4 Å². The number of sulfonamides is 1. The quantitative estimate of drug-likeness (QED) is 0.871. The van der Waals surface area contributed by atoms with Gasteiger partial charge in [-0.1, -0.05) is 12.1 Å². The number of benzene rings is 1. The molecule has 1 saturated heterocycles. The lowest BCUT2D eigenvalue weighted by Crippen LogP contribution is -2.46. The fourth-order valence-electron chi connectivity index (χ4n) is 2.94. The van der Waals surface area contributed by atoms with Crippen LogP contribution in [0, 0.1) is 12.7 Å². The van der Waals surface area contributed by atoms with Crippen molar-refractivity contribution in [3.8, 4) is 0 Å². The molecule has 0 unspecified atom stereocenters. The van der Waals surface area contributed by atoms with Gasteiger partial charge in [-0.25, -0.2) is 12.8 Å². The number of aliphatic carboxylic acids is 1. The van der Waals surface area contributed by atoms with Gasteiger partial charge in [0.1, 0.15) is 10.7 Å². The van der Waals surface area contributed by atoms with E-state index in [-0.39, 0.29) is 30.6 Å². The second-order valence-electron chi connectivity index (χ2n) is 5.83. The summed E-state index contributed by atoms with van der Waals surface area (Å²) in [7, 11) is -2.16. The molecule has 0 spiro atoms. The molecule has 1 N–H and O–H groups in total. The van der Waals surface area contributed by atoms with Gasteiger partial charge in [-0.3, -0.25) is 9.69 Å². The van der Waals surface area contributed by atoms with Gasteiger partial charge in [0.2, 0.25) is 10.0 Å². The summed E-state index contributed by atoms with van der Waals surface area (Å²) < 4.78 is 40.6. The Morgan fingerprint density at radius 1 is 1.39 bits per heavy atom. The van der Waals surface area contributed by atoms with E-state index in [0.29, 0.717) is 18.4 Å². The van der Waals surface area contributed by atoms with Gasteiger partial charge in [0.05, 0.1) is 6.54 Å². The largest absolute Gasteiger partial charge is 0.480 e. The lowest BCUT2D eigenvalue weighted by atomic mass is 10.1. The molecule has 1 aliphatic heterocycles. The van der Waals surface area contributed by atoms with Gasteiger partial charge in [0, 0.05) is 19.1 Å². The van der Waals surface area contributed by atoms with E-state index in [4.69, 9.17) is 5.11 Å². The number of halogens is 1. The maximum atomic E-state index is 14.0. The molecular weight excluding hydrogens is 323 g/mol. The molecule has 0 amide bonds. The maximum absolute atomic E-state index is 14.0. The van der Waals surface area contributed by atoms with Crippen LogP contribution in [-0.2, 0) is 14.8 Å². The van der Waals surface area contributed by atoms with Crippen molar-refractivity contribution in [2.45, 2.75) is 30.7 Å². The van der Waals surface area contributed by atoms with Gasteiger partial charge in [0.25, 0.3) is 0 Å². The minimum Gasteiger partial charge on any atom is -0.480 e. The van der Waals surface area contributed by atoms with E-state index < -0.39 is 21.8 Å². The van der Waals surface area contributed by atoms with Gasteiger partial charge >= 0.3 is 5.97 Å². The van der Waals surface area contributed by atoms with Crippen molar-refractivity contribution in [1.29, 1.82) is 0 Å². The first kappa shape index (κ1) is 17.8. The predicted molar refractivity (Wildman–Crippen MR) is 83.2 cm³/mol. The Morgan fingerprint density at radius 2 is 2.00 bits per heavy atom. The molecular formula is C15H21FN2O4S. The van der Waals surface area contributed by atoms with E-state index in [0.717, 1.165) is 6.07 Å². The number of hydrogen-bond acceptors (Lipinski definition) is 4. The molecule has 23 heavy (non-hydrogen) atoms. The van der Waals surface area contributed by atoms with E-state index >= 15 is 0 Å². The second kappa shape index (κ2) is 6.94. The van der Waals surface area contributed by atoms with E-state index in [1.54, 1.807) is 24.9 Å². The number of hydrogen-bond donors (Lipinski definition) is 1. The summed E-state index contributed by atoms with van der Waals surface area (Å²) in [6, 6.07) is 4.22. The Kier molecular flexibility index (Phi) is 5.38. The third-order valence-electron chi connectivity index (χ3n) is 4.19. The van der Waals surface area contributed by atoms with Crippen molar-refractivity contribution in [2.24, 2.45) is 0 Å². The third-order valence-corrected chi connectivity index (χ3v) is 6.27. The monoisotopic (exact) mass is 344 g/mol. The molecule has 6 nitrogen and oxygen atoms in total. The molecule has 1 aliphatic rings. The number of carbonyl (C=O) groups is 1. The molecule has 0 bridgehead atoms. The van der Waals surface area contributed by atoms with Gasteiger partial charge in [0.15, 0.2) is 0 Å². The van der Waals surface area contributed by atoms with Crippen LogP contribution in [0.5, 0.6) is 0 Å². The second-order valence-corrected chi connectivity index (χ2v) is 7.70. The molecule has 0 atom stereocenters. The Labute approximate surface area is 135 Å². The van der Waals surface area contributed by atoms with Crippen molar-refractivity contribution in [3.05, 3.63) is 29.6 Å². The molecule has 0 aliphatic carbocycles. The lowest BCUT2D eigenvalue weighted by Gasteiger charge is -2.35. The summed E-state index contributed by atoms with van der Waals surface area (Å²) >= 11 is 0. The van der Waals surface area contributed by atoms with E-state index in [9.17, 15) is 17.6 Å². The lowest BCUT2D eigenvalue weighted by molar-refractivity contribution is -0.138. The molecule has 0 aromatic heterocycles. The predicted octanol–water partition coefficient (Wildman–Crippen LogP) is 1.30. The van der Waals surface area contributed by atoms with Crippen molar-refractivity contribution < 1.29 is 22.7 Å². The van der Waals surface area contributed by atoms with Crippen molar-refractivity contribution in [1.82, 2.24) is 9.21 Å².